The first-order valence-electron chi connectivity index (χ1n) is 9.63. The Morgan fingerprint density at radius 1 is 1.34 bits per heavy atom. The number of carboxylic acids is 1. The van der Waals surface area contributed by atoms with Gasteiger partial charge in [-0.05, 0) is 30.5 Å². The molecule has 1 aliphatic heterocycles. The first-order chi connectivity index (χ1) is 13.6. The molecule has 29 heavy (non-hydrogen) atoms. The van der Waals surface area contributed by atoms with Gasteiger partial charge in [0.05, 0.1) is 23.5 Å². The number of aromatic hydroxyl groups is 1. The van der Waals surface area contributed by atoms with Crippen LogP contribution in [-0.4, -0.2) is 32.3 Å². The van der Waals surface area contributed by atoms with Gasteiger partial charge in [-0.25, -0.2) is 4.79 Å². The highest BCUT2D eigenvalue weighted by Gasteiger charge is 2.39. The Hall–Kier alpha value is -3.22. The van der Waals surface area contributed by atoms with Crippen LogP contribution in [0.2, 0.25) is 0 Å². The average Bonchev–Trinajstić information content (AvgIpc) is 3.00. The molecule has 0 amide bonds. The second-order valence-electron chi connectivity index (χ2n) is 8.45. The van der Waals surface area contributed by atoms with Crippen LogP contribution in [0.3, 0.4) is 0 Å². The molecule has 0 bridgehead atoms. The summed E-state index contributed by atoms with van der Waals surface area (Å²) < 4.78 is 7.87. The van der Waals surface area contributed by atoms with E-state index < -0.39 is 22.8 Å². The van der Waals surface area contributed by atoms with Gasteiger partial charge < -0.3 is 24.5 Å². The Morgan fingerprint density at radius 3 is 2.69 bits per heavy atom. The standard InChI is InChI=1S/C22H24N2O5/c1-5-29-15-8-6-7-13-11(15)9-14-18-16(12(10-24(13)14)22(2,3)4)19(25)17(21(27)28)20(26)23-18/h6-9,12H,5,10H2,1-4H3,(H,27,28)(H2,23,25,26)/t12-/m0/s1. The topological polar surface area (TPSA) is 105 Å². The molecule has 0 saturated carbocycles. The minimum Gasteiger partial charge on any atom is -0.506 e. The number of carboxylic acid groups (broad SMARTS) is 1. The lowest BCUT2D eigenvalue weighted by Crippen LogP contribution is -2.31. The molecule has 0 unspecified atom stereocenters. The Bertz CT molecular complexity index is 1200. The van der Waals surface area contributed by atoms with E-state index in [9.17, 15) is 19.8 Å². The number of hydrogen-bond donors (Lipinski definition) is 3. The number of carbonyl (C=O) groups is 1. The second-order valence-corrected chi connectivity index (χ2v) is 8.45. The van der Waals surface area contributed by atoms with E-state index in [2.05, 4.69) is 9.55 Å². The van der Waals surface area contributed by atoms with E-state index in [0.29, 0.717) is 24.4 Å². The summed E-state index contributed by atoms with van der Waals surface area (Å²) in [6.45, 7) is 9.10. The van der Waals surface area contributed by atoms with Gasteiger partial charge in [0.1, 0.15) is 11.5 Å². The van der Waals surface area contributed by atoms with Crippen molar-refractivity contribution in [2.45, 2.75) is 40.2 Å². The van der Waals surface area contributed by atoms with Crippen molar-refractivity contribution in [1.82, 2.24) is 9.55 Å². The molecule has 3 heterocycles. The number of ether oxygens (including phenoxy) is 1. The van der Waals surface area contributed by atoms with Crippen LogP contribution in [-0.2, 0) is 6.54 Å². The summed E-state index contributed by atoms with van der Waals surface area (Å²) in [6.07, 6.45) is 0. The van der Waals surface area contributed by atoms with Crippen molar-refractivity contribution >= 4 is 16.9 Å². The fourth-order valence-corrected chi connectivity index (χ4v) is 4.27. The van der Waals surface area contributed by atoms with Gasteiger partial charge in [-0.15, -0.1) is 0 Å². The Kier molecular flexibility index (Phi) is 4.22. The Labute approximate surface area is 167 Å². The van der Waals surface area contributed by atoms with Crippen LogP contribution in [0.15, 0.2) is 29.1 Å². The largest absolute Gasteiger partial charge is 0.506 e. The number of aromatic nitrogens is 2. The SMILES string of the molecule is CCOc1cccc2c1cc1n2C[C@H](C(C)(C)C)c2c-1[nH]c(=O)c(C(=O)O)c2O. The fraction of sp³-hybridized carbons (Fsp3) is 0.364. The molecule has 0 radical (unpaired) electrons. The number of aromatic carboxylic acids is 1. The normalized spacial score (nSPS) is 15.8. The van der Waals surface area contributed by atoms with E-state index in [1.165, 1.54) is 0 Å². The number of pyridine rings is 1. The summed E-state index contributed by atoms with van der Waals surface area (Å²) in [7, 11) is 0. The fourth-order valence-electron chi connectivity index (χ4n) is 4.27. The number of rotatable bonds is 3. The second kappa shape index (κ2) is 6.40. The van der Waals surface area contributed by atoms with Crippen LogP contribution in [0.4, 0.5) is 0 Å². The Morgan fingerprint density at radius 2 is 2.07 bits per heavy atom. The van der Waals surface area contributed by atoms with Gasteiger partial charge in [-0.3, -0.25) is 4.79 Å². The number of H-pyrrole nitrogens is 1. The third-order valence-electron chi connectivity index (χ3n) is 5.66. The van der Waals surface area contributed by atoms with Crippen molar-refractivity contribution in [3.05, 3.63) is 45.7 Å². The van der Waals surface area contributed by atoms with Crippen molar-refractivity contribution in [3.8, 4) is 22.9 Å². The van der Waals surface area contributed by atoms with Crippen LogP contribution in [0, 0.1) is 5.41 Å². The lowest BCUT2D eigenvalue weighted by atomic mass is 9.73. The first-order valence-corrected chi connectivity index (χ1v) is 9.63. The van der Waals surface area contributed by atoms with Crippen LogP contribution < -0.4 is 10.3 Å². The molecule has 0 saturated heterocycles. The number of benzene rings is 1. The minimum absolute atomic E-state index is 0.203. The highest BCUT2D eigenvalue weighted by atomic mass is 16.5. The van der Waals surface area contributed by atoms with Crippen LogP contribution in [0.1, 0.15) is 49.5 Å². The number of aromatic amines is 1. The monoisotopic (exact) mass is 396 g/mol. The summed E-state index contributed by atoms with van der Waals surface area (Å²) >= 11 is 0. The summed E-state index contributed by atoms with van der Waals surface area (Å²) in [6, 6.07) is 7.74. The van der Waals surface area contributed by atoms with Crippen molar-refractivity contribution in [2.75, 3.05) is 6.61 Å². The van der Waals surface area contributed by atoms with Gasteiger partial charge in [0.2, 0.25) is 0 Å². The Balaban J connectivity index is 2.10. The van der Waals surface area contributed by atoms with E-state index in [0.717, 1.165) is 22.3 Å². The molecule has 152 valence electrons. The summed E-state index contributed by atoms with van der Waals surface area (Å²) in [5.41, 5.74) is 0.916. The van der Waals surface area contributed by atoms with Gasteiger partial charge >= 0.3 is 5.97 Å². The number of nitrogens with one attached hydrogen (secondary N) is 1. The van der Waals surface area contributed by atoms with Gasteiger partial charge in [0.25, 0.3) is 5.56 Å². The van der Waals surface area contributed by atoms with Crippen LogP contribution in [0.25, 0.3) is 22.3 Å². The molecule has 3 aromatic rings. The minimum atomic E-state index is -1.44. The predicted octanol–water partition coefficient (Wildman–Crippen LogP) is 3.94. The molecule has 1 aromatic carbocycles. The highest BCUT2D eigenvalue weighted by molar-refractivity contribution is 5.95. The third kappa shape index (κ3) is 2.80. The molecule has 2 aromatic heterocycles. The van der Waals surface area contributed by atoms with Gasteiger partial charge in [-0.1, -0.05) is 26.8 Å². The molecule has 7 heteroatoms. The molecule has 0 spiro atoms. The van der Waals surface area contributed by atoms with Crippen LogP contribution >= 0.6 is 0 Å². The zero-order chi connectivity index (χ0) is 21.1. The lowest BCUT2D eigenvalue weighted by Gasteiger charge is -2.37. The van der Waals surface area contributed by atoms with Crippen LogP contribution in [0.5, 0.6) is 11.5 Å². The predicted molar refractivity (Wildman–Crippen MR) is 110 cm³/mol. The maximum absolute atomic E-state index is 12.5. The maximum Gasteiger partial charge on any atom is 0.345 e. The quantitative estimate of drug-likeness (QED) is 0.622. The zero-order valence-corrected chi connectivity index (χ0v) is 16.9. The summed E-state index contributed by atoms with van der Waals surface area (Å²) in [4.78, 5) is 26.8. The highest BCUT2D eigenvalue weighted by Crippen LogP contribution is 2.50. The van der Waals surface area contributed by atoms with Gasteiger partial charge in [0.15, 0.2) is 5.56 Å². The molecular weight excluding hydrogens is 372 g/mol. The molecule has 3 N–H and O–H groups in total. The molecule has 7 nitrogen and oxygen atoms in total. The smallest absolute Gasteiger partial charge is 0.345 e. The van der Waals surface area contributed by atoms with E-state index >= 15 is 0 Å². The summed E-state index contributed by atoms with van der Waals surface area (Å²) in [5.74, 6) is -1.34. The molecule has 4 rings (SSSR count). The molecule has 1 aliphatic rings. The lowest BCUT2D eigenvalue weighted by molar-refractivity contribution is 0.0691. The molecular formula is C22H24N2O5. The molecule has 1 atom stereocenters. The van der Waals surface area contributed by atoms with E-state index in [-0.39, 0.29) is 11.3 Å². The van der Waals surface area contributed by atoms with Crippen molar-refractivity contribution in [2.24, 2.45) is 5.41 Å². The summed E-state index contributed by atoms with van der Waals surface area (Å²) in [5, 5.41) is 21.2. The molecule has 0 fully saturated rings. The van der Waals surface area contributed by atoms with E-state index in [1.54, 1.807) is 0 Å². The average molecular weight is 396 g/mol. The van der Waals surface area contributed by atoms with Crippen molar-refractivity contribution < 1.29 is 19.7 Å². The van der Waals surface area contributed by atoms with Crippen molar-refractivity contribution in [3.63, 3.8) is 0 Å². The third-order valence-corrected chi connectivity index (χ3v) is 5.66. The zero-order valence-electron chi connectivity index (χ0n) is 16.9. The number of nitrogens with zero attached hydrogens (tertiary/aromatic N) is 1. The van der Waals surface area contributed by atoms with E-state index in [4.69, 9.17) is 4.74 Å². The van der Waals surface area contributed by atoms with Gasteiger partial charge in [-0.2, -0.15) is 0 Å². The molecule has 0 aliphatic carbocycles. The maximum atomic E-state index is 12.5. The van der Waals surface area contributed by atoms with E-state index in [1.807, 2.05) is 52.0 Å². The number of fused-ring (bicyclic) bond motifs is 5. The number of hydrogen-bond acceptors (Lipinski definition) is 4. The first kappa shape index (κ1) is 19.1. The van der Waals surface area contributed by atoms with Crippen molar-refractivity contribution in [1.29, 1.82) is 0 Å². The van der Waals surface area contributed by atoms with Gasteiger partial charge in [0, 0.05) is 23.4 Å².